The van der Waals surface area contributed by atoms with Crippen LogP contribution in [0.5, 0.6) is 0 Å². The standard InChI is InChI=1S/C13H22N4O4/c1-3-4-10(8-21-2)16-13(20)14-5-6-17-7-11(12(18)19)15-9-17/h7,9-10H,3-6,8H2,1-2H3,(H,18,19)(H2,14,16,20). The fourth-order valence-corrected chi connectivity index (χ4v) is 1.87. The number of rotatable bonds is 9. The average Bonchev–Trinajstić information content (AvgIpc) is 2.88. The predicted molar refractivity (Wildman–Crippen MR) is 76.3 cm³/mol. The van der Waals surface area contributed by atoms with Gasteiger partial charge in [0, 0.05) is 26.4 Å². The topological polar surface area (TPSA) is 105 Å². The summed E-state index contributed by atoms with van der Waals surface area (Å²) in [6, 6.07) is -0.268. The number of urea groups is 1. The Morgan fingerprint density at radius 2 is 2.29 bits per heavy atom. The summed E-state index contributed by atoms with van der Waals surface area (Å²) in [5.41, 5.74) is -0.0115. The Bertz CT molecular complexity index is 455. The van der Waals surface area contributed by atoms with Crippen molar-refractivity contribution >= 4 is 12.0 Å². The maximum absolute atomic E-state index is 11.7. The van der Waals surface area contributed by atoms with Gasteiger partial charge in [-0.2, -0.15) is 0 Å². The van der Waals surface area contributed by atoms with Crippen molar-refractivity contribution in [3.8, 4) is 0 Å². The molecule has 0 spiro atoms. The van der Waals surface area contributed by atoms with Gasteiger partial charge in [-0.05, 0) is 6.42 Å². The number of nitrogens with one attached hydrogen (secondary N) is 2. The van der Waals surface area contributed by atoms with Crippen molar-refractivity contribution in [2.45, 2.75) is 32.4 Å². The first kappa shape index (κ1) is 17.0. The lowest BCUT2D eigenvalue weighted by atomic mass is 10.2. The molecule has 1 aromatic heterocycles. The number of aromatic carboxylic acids is 1. The quantitative estimate of drug-likeness (QED) is 0.622. The molecule has 1 rings (SSSR count). The molecule has 0 bridgehead atoms. The number of carbonyl (C=O) groups excluding carboxylic acids is 1. The van der Waals surface area contributed by atoms with E-state index < -0.39 is 5.97 Å². The molecule has 0 aromatic carbocycles. The Labute approximate surface area is 123 Å². The molecule has 0 aliphatic heterocycles. The Hall–Kier alpha value is -2.09. The van der Waals surface area contributed by atoms with Gasteiger partial charge in [-0.15, -0.1) is 0 Å². The summed E-state index contributed by atoms with van der Waals surface area (Å²) in [4.78, 5) is 26.1. The number of imidazole rings is 1. The Balaban J connectivity index is 2.30. The number of nitrogens with zero attached hydrogens (tertiary/aromatic N) is 2. The van der Waals surface area contributed by atoms with Crippen LogP contribution in [0.2, 0.25) is 0 Å². The molecule has 8 heteroatoms. The predicted octanol–water partition coefficient (Wildman–Crippen LogP) is 0.696. The molecule has 8 nitrogen and oxygen atoms in total. The van der Waals surface area contributed by atoms with Crippen LogP contribution in [0.25, 0.3) is 0 Å². The number of ether oxygens (including phenoxy) is 1. The fraction of sp³-hybridized carbons (Fsp3) is 0.615. The van der Waals surface area contributed by atoms with Crippen molar-refractivity contribution in [2.24, 2.45) is 0 Å². The second-order valence-corrected chi connectivity index (χ2v) is 4.64. The number of aromatic nitrogens is 2. The SMILES string of the molecule is CCCC(COC)NC(=O)NCCn1cnc(C(=O)O)c1. The van der Waals surface area contributed by atoms with Gasteiger partial charge in [0.05, 0.1) is 19.0 Å². The third kappa shape index (κ3) is 6.26. The van der Waals surface area contributed by atoms with Gasteiger partial charge in [-0.3, -0.25) is 0 Å². The monoisotopic (exact) mass is 298 g/mol. The van der Waals surface area contributed by atoms with Gasteiger partial charge in [0.2, 0.25) is 0 Å². The Morgan fingerprint density at radius 3 is 2.86 bits per heavy atom. The van der Waals surface area contributed by atoms with Gasteiger partial charge >= 0.3 is 12.0 Å². The lowest BCUT2D eigenvalue weighted by Crippen LogP contribution is -2.44. The van der Waals surface area contributed by atoms with E-state index in [1.165, 1.54) is 12.5 Å². The number of hydrogen-bond donors (Lipinski definition) is 3. The zero-order valence-corrected chi connectivity index (χ0v) is 12.3. The molecule has 0 radical (unpaired) electrons. The molecule has 3 N–H and O–H groups in total. The Morgan fingerprint density at radius 1 is 1.52 bits per heavy atom. The van der Waals surface area contributed by atoms with Gasteiger partial charge in [0.25, 0.3) is 0 Å². The maximum Gasteiger partial charge on any atom is 0.356 e. The first-order valence-corrected chi connectivity index (χ1v) is 6.85. The molecular formula is C13H22N4O4. The minimum absolute atomic E-state index is 0.00754. The smallest absolute Gasteiger partial charge is 0.356 e. The second-order valence-electron chi connectivity index (χ2n) is 4.64. The van der Waals surface area contributed by atoms with Crippen molar-refractivity contribution in [1.82, 2.24) is 20.2 Å². The molecule has 118 valence electrons. The van der Waals surface area contributed by atoms with Crippen LogP contribution in [-0.2, 0) is 11.3 Å². The maximum atomic E-state index is 11.7. The molecular weight excluding hydrogens is 276 g/mol. The molecule has 21 heavy (non-hydrogen) atoms. The van der Waals surface area contributed by atoms with Gasteiger partial charge in [-0.25, -0.2) is 14.6 Å². The lowest BCUT2D eigenvalue weighted by Gasteiger charge is -2.17. The average molecular weight is 298 g/mol. The van der Waals surface area contributed by atoms with E-state index in [0.29, 0.717) is 19.7 Å². The Kier molecular flexibility index (Phi) is 7.24. The van der Waals surface area contributed by atoms with E-state index in [1.54, 1.807) is 11.7 Å². The number of carboxylic acid groups (broad SMARTS) is 1. The van der Waals surface area contributed by atoms with Crippen LogP contribution in [-0.4, -0.2) is 53.0 Å². The van der Waals surface area contributed by atoms with Gasteiger partial charge < -0.3 is 25.0 Å². The van der Waals surface area contributed by atoms with E-state index in [4.69, 9.17) is 9.84 Å². The van der Waals surface area contributed by atoms with E-state index >= 15 is 0 Å². The summed E-state index contributed by atoms with van der Waals surface area (Å²) in [7, 11) is 1.60. The fourth-order valence-electron chi connectivity index (χ4n) is 1.87. The summed E-state index contributed by atoms with van der Waals surface area (Å²) >= 11 is 0. The van der Waals surface area contributed by atoms with Crippen molar-refractivity contribution in [2.75, 3.05) is 20.3 Å². The molecule has 1 aromatic rings. The van der Waals surface area contributed by atoms with Crippen LogP contribution in [0.4, 0.5) is 4.79 Å². The summed E-state index contributed by atoms with van der Waals surface area (Å²) in [6.45, 7) is 3.36. The molecule has 0 aliphatic carbocycles. The highest BCUT2D eigenvalue weighted by Crippen LogP contribution is 1.97. The highest BCUT2D eigenvalue weighted by atomic mass is 16.5. The number of hydrogen-bond acceptors (Lipinski definition) is 4. The minimum Gasteiger partial charge on any atom is -0.476 e. The highest BCUT2D eigenvalue weighted by molar-refractivity contribution is 5.84. The van der Waals surface area contributed by atoms with Gasteiger partial charge in [-0.1, -0.05) is 13.3 Å². The van der Waals surface area contributed by atoms with Crippen LogP contribution in [0.3, 0.4) is 0 Å². The number of methoxy groups -OCH3 is 1. The van der Waals surface area contributed by atoms with Crippen molar-refractivity contribution < 1.29 is 19.4 Å². The van der Waals surface area contributed by atoms with Crippen LogP contribution in [0, 0.1) is 0 Å². The van der Waals surface area contributed by atoms with E-state index in [0.717, 1.165) is 12.8 Å². The lowest BCUT2D eigenvalue weighted by molar-refractivity contribution is 0.0691. The summed E-state index contributed by atoms with van der Waals surface area (Å²) in [6.07, 6.45) is 4.66. The first-order valence-electron chi connectivity index (χ1n) is 6.85. The molecule has 0 aliphatic rings. The summed E-state index contributed by atoms with van der Waals surface area (Å²) < 4.78 is 6.66. The van der Waals surface area contributed by atoms with E-state index in [9.17, 15) is 9.59 Å². The van der Waals surface area contributed by atoms with E-state index in [1.807, 2.05) is 6.92 Å². The molecule has 0 saturated heterocycles. The minimum atomic E-state index is -1.07. The number of amides is 2. The number of carboxylic acids is 1. The second kappa shape index (κ2) is 8.96. The van der Waals surface area contributed by atoms with Crippen LogP contribution in [0.15, 0.2) is 12.5 Å². The molecule has 0 fully saturated rings. The van der Waals surface area contributed by atoms with Crippen LogP contribution >= 0.6 is 0 Å². The molecule has 1 unspecified atom stereocenters. The van der Waals surface area contributed by atoms with Crippen LogP contribution < -0.4 is 10.6 Å². The molecule has 1 atom stereocenters. The van der Waals surface area contributed by atoms with Gasteiger partial charge in [0.15, 0.2) is 5.69 Å². The zero-order valence-electron chi connectivity index (χ0n) is 12.3. The number of carbonyl (C=O) groups is 2. The van der Waals surface area contributed by atoms with Crippen molar-refractivity contribution in [3.63, 3.8) is 0 Å². The zero-order chi connectivity index (χ0) is 15.7. The third-order valence-electron chi connectivity index (χ3n) is 2.85. The van der Waals surface area contributed by atoms with Crippen molar-refractivity contribution in [3.05, 3.63) is 18.2 Å². The largest absolute Gasteiger partial charge is 0.476 e. The summed E-state index contributed by atoms with van der Waals surface area (Å²) in [5, 5.41) is 14.3. The molecule has 0 saturated carbocycles. The van der Waals surface area contributed by atoms with E-state index in [-0.39, 0.29) is 17.8 Å². The highest BCUT2D eigenvalue weighted by Gasteiger charge is 2.11. The molecule has 1 heterocycles. The first-order chi connectivity index (χ1) is 10.1. The van der Waals surface area contributed by atoms with Crippen molar-refractivity contribution in [1.29, 1.82) is 0 Å². The summed E-state index contributed by atoms with van der Waals surface area (Å²) in [5.74, 6) is -1.07. The molecule has 2 amide bonds. The van der Waals surface area contributed by atoms with Gasteiger partial charge in [0.1, 0.15) is 0 Å². The third-order valence-corrected chi connectivity index (χ3v) is 2.85. The van der Waals surface area contributed by atoms with Crippen LogP contribution in [0.1, 0.15) is 30.3 Å². The van der Waals surface area contributed by atoms with E-state index in [2.05, 4.69) is 15.6 Å². The normalized spacial score (nSPS) is 11.9.